The summed E-state index contributed by atoms with van der Waals surface area (Å²) in [7, 11) is 0. The molecule has 0 bridgehead atoms. The highest BCUT2D eigenvalue weighted by Crippen LogP contribution is 2.52. The van der Waals surface area contributed by atoms with Gasteiger partial charge in [0.25, 0.3) is 0 Å². The van der Waals surface area contributed by atoms with Gasteiger partial charge in [-0.3, -0.25) is 9.53 Å². The summed E-state index contributed by atoms with van der Waals surface area (Å²) in [6, 6.07) is -4.55. The van der Waals surface area contributed by atoms with Crippen molar-refractivity contribution in [1.29, 1.82) is 0 Å². The molecule has 0 aromatic carbocycles. The van der Waals surface area contributed by atoms with Crippen LogP contribution in [0.3, 0.4) is 0 Å². The van der Waals surface area contributed by atoms with Crippen LogP contribution in [0.1, 0.15) is 0 Å². The highest BCUT2D eigenvalue weighted by Gasteiger charge is 2.81. The Kier molecular flexibility index (Phi) is 5.51. The molecule has 0 aliphatic carbocycles. The number of alkyl halides is 13. The Hall–Kier alpha value is -1.39. The molecule has 17 heteroatoms. The first-order valence-corrected chi connectivity index (χ1v) is 4.67. The first-order valence-electron chi connectivity index (χ1n) is 4.67. The fourth-order valence-corrected chi connectivity index (χ4v) is 0.893. The van der Waals surface area contributed by atoms with Gasteiger partial charge in [0.05, 0.1) is 0 Å². The second-order valence-corrected chi connectivity index (χ2v) is 3.63. The van der Waals surface area contributed by atoms with E-state index in [-0.39, 0.29) is 0 Å². The molecule has 0 aliphatic rings. The smallest absolute Gasteiger partial charge is 0.261 e. The summed E-state index contributed by atoms with van der Waals surface area (Å²) in [6.07, 6.45) is -29.0. The van der Waals surface area contributed by atoms with Crippen molar-refractivity contribution in [3.8, 4) is 0 Å². The highest BCUT2D eigenvalue weighted by atomic mass is 19.4. The molecule has 0 spiro atoms. The van der Waals surface area contributed by atoms with Crippen molar-refractivity contribution in [2.24, 2.45) is 0 Å². The zero-order valence-corrected chi connectivity index (χ0v) is 10.0. The molecule has 0 saturated heterocycles. The van der Waals surface area contributed by atoms with Crippen LogP contribution >= 0.6 is 0 Å². The van der Waals surface area contributed by atoms with Gasteiger partial charge in [-0.2, -0.15) is 48.3 Å². The van der Waals surface area contributed by atoms with E-state index in [1.165, 1.54) is 9.47 Å². The molecular weight excluding hydrogens is 398 g/mol. The molecule has 2 atom stereocenters. The van der Waals surface area contributed by atoms with Crippen molar-refractivity contribution >= 4 is 6.04 Å². The standard InChI is InChI=1S/C7F14O3/c8-1(22)2(9,4(11,12)13)23-6(17,18)3(10,5(14,15)16)24-7(19,20)21. The van der Waals surface area contributed by atoms with E-state index >= 15 is 0 Å². The summed E-state index contributed by atoms with van der Waals surface area (Å²) < 4.78 is 173. The van der Waals surface area contributed by atoms with E-state index < -0.39 is 42.6 Å². The summed E-state index contributed by atoms with van der Waals surface area (Å²) in [5, 5.41) is 0. The number of carbonyl (C=O) groups excluding carboxylic acids is 1. The van der Waals surface area contributed by atoms with E-state index in [2.05, 4.69) is 0 Å². The maximum Gasteiger partial charge on any atom is 0.525 e. The molecule has 0 heterocycles. The highest BCUT2D eigenvalue weighted by molar-refractivity contribution is 5.77. The van der Waals surface area contributed by atoms with Crippen molar-refractivity contribution in [2.75, 3.05) is 0 Å². The summed E-state index contributed by atoms with van der Waals surface area (Å²) in [6.45, 7) is 0. The number of hydrogen-bond donors (Lipinski definition) is 0. The Morgan fingerprint density at radius 1 is 0.625 bits per heavy atom. The molecule has 0 aliphatic heterocycles. The third kappa shape index (κ3) is 4.17. The molecule has 0 aromatic rings. The number of hydrogen-bond acceptors (Lipinski definition) is 3. The van der Waals surface area contributed by atoms with Crippen LogP contribution in [0.25, 0.3) is 0 Å². The zero-order chi connectivity index (χ0) is 20.0. The Morgan fingerprint density at radius 2 is 1.00 bits per heavy atom. The molecule has 0 rings (SSSR count). The molecule has 0 radical (unpaired) electrons. The van der Waals surface area contributed by atoms with Crippen LogP contribution in [0.5, 0.6) is 0 Å². The second kappa shape index (κ2) is 5.85. The van der Waals surface area contributed by atoms with E-state index in [9.17, 15) is 66.3 Å². The Bertz CT molecular complexity index is 476. The fourth-order valence-electron chi connectivity index (χ4n) is 0.893. The maximum absolute atomic E-state index is 13.0. The van der Waals surface area contributed by atoms with Crippen LogP contribution in [0, 0.1) is 0 Å². The maximum atomic E-state index is 13.0. The predicted molar refractivity (Wildman–Crippen MR) is 39.1 cm³/mol. The van der Waals surface area contributed by atoms with Gasteiger partial charge in [0, 0.05) is 0 Å². The Morgan fingerprint density at radius 3 is 1.21 bits per heavy atom. The second-order valence-electron chi connectivity index (χ2n) is 3.63. The van der Waals surface area contributed by atoms with E-state index in [1.54, 1.807) is 0 Å². The average Bonchev–Trinajstić information content (AvgIpc) is 2.21. The normalized spacial score (nSPS) is 19.6. The van der Waals surface area contributed by atoms with E-state index in [1.807, 2.05) is 0 Å². The molecule has 24 heavy (non-hydrogen) atoms. The van der Waals surface area contributed by atoms with Crippen LogP contribution < -0.4 is 0 Å². The molecule has 0 saturated carbocycles. The quantitative estimate of drug-likeness (QED) is 0.517. The lowest BCUT2D eigenvalue weighted by molar-refractivity contribution is -0.539. The minimum Gasteiger partial charge on any atom is -0.261 e. The Labute approximate surface area is 120 Å². The molecule has 2 unspecified atom stereocenters. The van der Waals surface area contributed by atoms with Gasteiger partial charge in [-0.05, 0) is 0 Å². The van der Waals surface area contributed by atoms with Crippen LogP contribution in [0.2, 0.25) is 0 Å². The van der Waals surface area contributed by atoms with Gasteiger partial charge in [-0.25, -0.2) is 4.74 Å². The lowest BCUT2D eigenvalue weighted by Crippen LogP contribution is -2.65. The summed E-state index contributed by atoms with van der Waals surface area (Å²) in [5.41, 5.74) is 0. The topological polar surface area (TPSA) is 35.5 Å². The number of rotatable bonds is 5. The summed E-state index contributed by atoms with van der Waals surface area (Å²) in [5.74, 6) is -14.4. The third-order valence-electron chi connectivity index (χ3n) is 1.88. The lowest BCUT2D eigenvalue weighted by Gasteiger charge is -2.36. The minimum absolute atomic E-state index is 1.36. The third-order valence-corrected chi connectivity index (χ3v) is 1.88. The zero-order valence-electron chi connectivity index (χ0n) is 10.0. The summed E-state index contributed by atoms with van der Waals surface area (Å²) in [4.78, 5) is 9.77. The van der Waals surface area contributed by atoms with Crippen molar-refractivity contribution < 1.29 is 75.7 Å². The lowest BCUT2D eigenvalue weighted by atomic mass is 10.2. The largest absolute Gasteiger partial charge is 0.525 e. The molecule has 0 aromatic heterocycles. The molecule has 0 fully saturated rings. The molecule has 144 valence electrons. The van der Waals surface area contributed by atoms with Crippen LogP contribution in [-0.4, -0.2) is 42.6 Å². The fraction of sp³-hybridized carbons (Fsp3) is 0.857. The van der Waals surface area contributed by atoms with Crippen molar-refractivity contribution in [2.45, 2.75) is 36.5 Å². The van der Waals surface area contributed by atoms with Crippen molar-refractivity contribution in [1.82, 2.24) is 0 Å². The first-order chi connectivity index (χ1) is 10.1. The van der Waals surface area contributed by atoms with Crippen molar-refractivity contribution in [3.05, 3.63) is 0 Å². The van der Waals surface area contributed by atoms with E-state index in [0.717, 1.165) is 0 Å². The van der Waals surface area contributed by atoms with Gasteiger partial charge in [0.15, 0.2) is 0 Å². The summed E-state index contributed by atoms with van der Waals surface area (Å²) >= 11 is 0. The SMILES string of the molecule is O=C(F)C(F)(OC(F)(F)C(F)(OC(F)(F)F)C(F)(F)F)C(F)(F)F. The van der Waals surface area contributed by atoms with Crippen LogP contribution in [-0.2, 0) is 14.3 Å². The molecule has 0 amide bonds. The molecule has 0 N–H and O–H groups in total. The van der Waals surface area contributed by atoms with Gasteiger partial charge >= 0.3 is 42.6 Å². The number of carbonyl (C=O) groups is 1. The van der Waals surface area contributed by atoms with Gasteiger partial charge in [0.1, 0.15) is 0 Å². The van der Waals surface area contributed by atoms with Crippen LogP contribution in [0.15, 0.2) is 0 Å². The minimum atomic E-state index is -7.52. The molecular formula is C7F14O3. The van der Waals surface area contributed by atoms with Crippen molar-refractivity contribution in [3.63, 3.8) is 0 Å². The monoisotopic (exact) mass is 398 g/mol. The van der Waals surface area contributed by atoms with Gasteiger partial charge in [-0.15, -0.1) is 13.2 Å². The first kappa shape index (κ1) is 22.6. The van der Waals surface area contributed by atoms with E-state index in [4.69, 9.17) is 0 Å². The average molecular weight is 398 g/mol. The van der Waals surface area contributed by atoms with E-state index in [0.29, 0.717) is 0 Å². The van der Waals surface area contributed by atoms with Crippen LogP contribution in [0.4, 0.5) is 61.5 Å². The van der Waals surface area contributed by atoms with Gasteiger partial charge in [0.2, 0.25) is 0 Å². The number of halogens is 14. The predicted octanol–water partition coefficient (Wildman–Crippen LogP) is 4.08. The Balaban J connectivity index is 6.18. The molecule has 3 nitrogen and oxygen atoms in total. The van der Waals surface area contributed by atoms with Gasteiger partial charge in [-0.1, -0.05) is 0 Å². The number of ether oxygens (including phenoxy) is 2. The van der Waals surface area contributed by atoms with Gasteiger partial charge < -0.3 is 0 Å².